The standard InChI is InChI=1S/C13H18N4S/c14-13(18)11-6-17-12(7-15-11)16-5-10-4-8-1-2-9(10)3-8/h6-10H,1-5H2,(H2,14,18)(H,16,17). The van der Waals surface area contributed by atoms with Crippen LogP contribution in [-0.2, 0) is 0 Å². The van der Waals surface area contributed by atoms with Gasteiger partial charge in [0.1, 0.15) is 16.5 Å². The molecule has 3 rings (SSSR count). The number of nitrogens with one attached hydrogen (secondary N) is 1. The molecule has 1 aromatic rings. The van der Waals surface area contributed by atoms with Crippen LogP contribution in [0.1, 0.15) is 31.4 Å². The Morgan fingerprint density at radius 2 is 2.22 bits per heavy atom. The van der Waals surface area contributed by atoms with E-state index in [1.165, 1.54) is 25.7 Å². The summed E-state index contributed by atoms with van der Waals surface area (Å²) in [7, 11) is 0. The molecule has 0 amide bonds. The van der Waals surface area contributed by atoms with Crippen molar-refractivity contribution in [2.75, 3.05) is 11.9 Å². The smallest absolute Gasteiger partial charge is 0.144 e. The lowest BCUT2D eigenvalue weighted by Crippen LogP contribution is -2.21. The summed E-state index contributed by atoms with van der Waals surface area (Å²) in [5, 5.41) is 3.38. The molecule has 2 saturated carbocycles. The van der Waals surface area contributed by atoms with E-state index < -0.39 is 0 Å². The van der Waals surface area contributed by atoms with Gasteiger partial charge in [-0.15, -0.1) is 0 Å². The molecule has 1 heterocycles. The van der Waals surface area contributed by atoms with E-state index in [2.05, 4.69) is 15.3 Å². The predicted molar refractivity (Wildman–Crippen MR) is 75.3 cm³/mol. The van der Waals surface area contributed by atoms with Gasteiger partial charge < -0.3 is 11.1 Å². The quantitative estimate of drug-likeness (QED) is 0.812. The molecule has 0 spiro atoms. The van der Waals surface area contributed by atoms with E-state index in [0.717, 1.165) is 30.1 Å². The maximum absolute atomic E-state index is 5.49. The second kappa shape index (κ2) is 4.80. The first kappa shape index (κ1) is 11.8. The molecular weight excluding hydrogens is 244 g/mol. The van der Waals surface area contributed by atoms with Crippen LogP contribution < -0.4 is 11.1 Å². The zero-order chi connectivity index (χ0) is 12.5. The molecule has 96 valence electrons. The van der Waals surface area contributed by atoms with Crippen molar-refractivity contribution in [3.05, 3.63) is 18.1 Å². The Labute approximate surface area is 112 Å². The number of fused-ring (bicyclic) bond motifs is 2. The molecule has 3 atom stereocenters. The van der Waals surface area contributed by atoms with Gasteiger partial charge in [-0.05, 0) is 37.0 Å². The molecule has 0 aliphatic heterocycles. The summed E-state index contributed by atoms with van der Waals surface area (Å²) in [5.41, 5.74) is 6.07. The minimum Gasteiger partial charge on any atom is -0.388 e. The van der Waals surface area contributed by atoms with Gasteiger partial charge in [0.25, 0.3) is 0 Å². The molecule has 1 aromatic heterocycles. The highest BCUT2D eigenvalue weighted by Gasteiger charge is 2.39. The molecule has 2 aliphatic rings. The largest absolute Gasteiger partial charge is 0.388 e. The van der Waals surface area contributed by atoms with Crippen molar-refractivity contribution in [3.63, 3.8) is 0 Å². The maximum atomic E-state index is 5.49. The zero-order valence-electron chi connectivity index (χ0n) is 10.3. The molecular formula is C13H18N4S. The third kappa shape index (κ3) is 2.32. The van der Waals surface area contributed by atoms with Crippen LogP contribution >= 0.6 is 12.2 Å². The fraction of sp³-hybridized carbons (Fsp3) is 0.615. The van der Waals surface area contributed by atoms with Crippen LogP contribution in [-0.4, -0.2) is 21.5 Å². The Balaban J connectivity index is 1.55. The summed E-state index contributed by atoms with van der Waals surface area (Å²) < 4.78 is 0. The topological polar surface area (TPSA) is 63.8 Å². The third-order valence-electron chi connectivity index (χ3n) is 4.33. The Bertz CT molecular complexity index is 445. The second-order valence-corrected chi connectivity index (χ2v) is 5.91. The lowest BCUT2D eigenvalue weighted by Gasteiger charge is -2.21. The van der Waals surface area contributed by atoms with E-state index in [1.807, 2.05) is 0 Å². The number of anilines is 1. The van der Waals surface area contributed by atoms with Gasteiger partial charge in [0.05, 0.1) is 12.4 Å². The van der Waals surface area contributed by atoms with E-state index in [9.17, 15) is 0 Å². The summed E-state index contributed by atoms with van der Waals surface area (Å²) in [6.45, 7) is 1.02. The normalized spacial score (nSPS) is 29.4. The minimum absolute atomic E-state index is 0.294. The SMILES string of the molecule is NC(=S)c1cnc(NCC2CC3CCC2C3)cn1. The first-order valence-corrected chi connectivity index (χ1v) is 6.99. The number of nitrogens with two attached hydrogens (primary N) is 1. The lowest BCUT2D eigenvalue weighted by atomic mass is 9.89. The number of aromatic nitrogens is 2. The molecule has 2 bridgehead atoms. The van der Waals surface area contributed by atoms with E-state index in [-0.39, 0.29) is 0 Å². The number of thiocarbonyl (C=S) groups is 1. The van der Waals surface area contributed by atoms with Crippen LogP contribution in [0.4, 0.5) is 5.82 Å². The van der Waals surface area contributed by atoms with Crippen LogP contribution in [0.25, 0.3) is 0 Å². The van der Waals surface area contributed by atoms with Gasteiger partial charge in [-0.2, -0.15) is 0 Å². The molecule has 3 unspecified atom stereocenters. The molecule has 2 fully saturated rings. The highest BCUT2D eigenvalue weighted by Crippen LogP contribution is 2.48. The fourth-order valence-corrected chi connectivity index (χ4v) is 3.51. The molecule has 0 radical (unpaired) electrons. The highest BCUT2D eigenvalue weighted by molar-refractivity contribution is 7.80. The summed E-state index contributed by atoms with van der Waals surface area (Å²) in [6, 6.07) is 0. The van der Waals surface area contributed by atoms with Gasteiger partial charge in [0.15, 0.2) is 0 Å². The van der Waals surface area contributed by atoms with Crippen molar-refractivity contribution in [2.45, 2.75) is 25.7 Å². The second-order valence-electron chi connectivity index (χ2n) is 5.47. The van der Waals surface area contributed by atoms with E-state index >= 15 is 0 Å². The maximum Gasteiger partial charge on any atom is 0.144 e. The fourth-order valence-electron chi connectivity index (χ4n) is 3.41. The minimum atomic E-state index is 0.294. The van der Waals surface area contributed by atoms with Gasteiger partial charge in [0, 0.05) is 6.54 Å². The Hall–Kier alpha value is -1.23. The predicted octanol–water partition coefficient (Wildman–Crippen LogP) is 1.96. The number of hydrogen-bond donors (Lipinski definition) is 2. The van der Waals surface area contributed by atoms with Gasteiger partial charge in [-0.25, -0.2) is 9.97 Å². The van der Waals surface area contributed by atoms with E-state index in [4.69, 9.17) is 18.0 Å². The van der Waals surface area contributed by atoms with Crippen molar-refractivity contribution in [3.8, 4) is 0 Å². The van der Waals surface area contributed by atoms with Crippen LogP contribution in [0.3, 0.4) is 0 Å². The number of nitrogens with zero attached hydrogens (tertiary/aromatic N) is 2. The van der Waals surface area contributed by atoms with Crippen LogP contribution in [0.15, 0.2) is 12.4 Å². The van der Waals surface area contributed by atoms with E-state index in [0.29, 0.717) is 10.7 Å². The van der Waals surface area contributed by atoms with Gasteiger partial charge in [0.2, 0.25) is 0 Å². The van der Waals surface area contributed by atoms with Crippen molar-refractivity contribution < 1.29 is 0 Å². The first-order chi connectivity index (χ1) is 8.72. The van der Waals surface area contributed by atoms with Crippen LogP contribution in [0.2, 0.25) is 0 Å². The number of rotatable bonds is 4. The Kier molecular flexibility index (Phi) is 3.16. The Morgan fingerprint density at radius 3 is 2.78 bits per heavy atom. The summed E-state index contributed by atoms with van der Waals surface area (Å²) >= 11 is 4.85. The monoisotopic (exact) mass is 262 g/mol. The molecule has 3 N–H and O–H groups in total. The van der Waals surface area contributed by atoms with Crippen molar-refractivity contribution in [1.82, 2.24) is 9.97 Å². The van der Waals surface area contributed by atoms with Crippen LogP contribution in [0, 0.1) is 17.8 Å². The van der Waals surface area contributed by atoms with Gasteiger partial charge in [-0.1, -0.05) is 18.6 Å². The zero-order valence-corrected chi connectivity index (χ0v) is 11.1. The third-order valence-corrected chi connectivity index (χ3v) is 4.54. The Morgan fingerprint density at radius 1 is 1.33 bits per heavy atom. The molecule has 18 heavy (non-hydrogen) atoms. The molecule has 2 aliphatic carbocycles. The summed E-state index contributed by atoms with van der Waals surface area (Å²) in [6.07, 6.45) is 9.04. The van der Waals surface area contributed by atoms with Gasteiger partial charge in [-0.3, -0.25) is 0 Å². The first-order valence-electron chi connectivity index (χ1n) is 6.58. The van der Waals surface area contributed by atoms with Crippen LogP contribution in [0.5, 0.6) is 0 Å². The molecule has 5 heteroatoms. The molecule has 0 saturated heterocycles. The lowest BCUT2D eigenvalue weighted by molar-refractivity contribution is 0.348. The molecule has 4 nitrogen and oxygen atoms in total. The highest BCUT2D eigenvalue weighted by atomic mass is 32.1. The average Bonchev–Trinajstić information content (AvgIpc) is 2.99. The van der Waals surface area contributed by atoms with Crippen molar-refractivity contribution in [2.24, 2.45) is 23.5 Å². The summed E-state index contributed by atoms with van der Waals surface area (Å²) in [5.74, 6) is 3.56. The van der Waals surface area contributed by atoms with Gasteiger partial charge >= 0.3 is 0 Å². The summed E-state index contributed by atoms with van der Waals surface area (Å²) in [4.78, 5) is 8.76. The molecule has 0 aromatic carbocycles. The van der Waals surface area contributed by atoms with Crippen molar-refractivity contribution in [1.29, 1.82) is 0 Å². The number of hydrogen-bond acceptors (Lipinski definition) is 4. The van der Waals surface area contributed by atoms with Crippen molar-refractivity contribution >= 4 is 23.0 Å². The van der Waals surface area contributed by atoms with E-state index in [1.54, 1.807) is 12.4 Å². The average molecular weight is 262 g/mol.